The third-order valence-corrected chi connectivity index (χ3v) is 6.15. The normalized spacial score (nSPS) is 39.7. The topological polar surface area (TPSA) is 40.5 Å². The number of aliphatic hydroxyl groups excluding tert-OH is 1. The summed E-state index contributed by atoms with van der Waals surface area (Å²) >= 11 is 0. The van der Waals surface area contributed by atoms with Crippen molar-refractivity contribution in [2.75, 3.05) is 0 Å². The molecule has 2 aliphatic carbocycles. The highest BCUT2D eigenvalue weighted by atomic mass is 16.3. The molecule has 0 radical (unpaired) electrons. The van der Waals surface area contributed by atoms with E-state index in [1.165, 1.54) is 11.1 Å². The van der Waals surface area contributed by atoms with Gasteiger partial charge in [-0.2, -0.15) is 0 Å². The van der Waals surface area contributed by atoms with Crippen LogP contribution >= 0.6 is 0 Å². The van der Waals surface area contributed by atoms with Gasteiger partial charge in [-0.1, -0.05) is 30.2 Å². The van der Waals surface area contributed by atoms with Gasteiger partial charge in [-0.15, -0.1) is 0 Å². The van der Waals surface area contributed by atoms with E-state index in [9.17, 15) is 10.2 Å². The maximum atomic E-state index is 11.0. The van der Waals surface area contributed by atoms with Crippen LogP contribution in [0, 0.1) is 23.7 Å². The molecule has 126 valence electrons. The van der Waals surface area contributed by atoms with Crippen LogP contribution in [0.15, 0.2) is 23.3 Å². The van der Waals surface area contributed by atoms with Crippen molar-refractivity contribution in [3.05, 3.63) is 23.3 Å². The van der Waals surface area contributed by atoms with Crippen LogP contribution in [0.5, 0.6) is 0 Å². The Hall–Kier alpha value is -0.600. The zero-order valence-electron chi connectivity index (χ0n) is 15.0. The molecule has 6 atom stereocenters. The molecule has 0 amide bonds. The largest absolute Gasteiger partial charge is 0.392 e. The Morgan fingerprint density at radius 3 is 2.77 bits per heavy atom. The van der Waals surface area contributed by atoms with Gasteiger partial charge in [0.25, 0.3) is 0 Å². The minimum Gasteiger partial charge on any atom is -0.392 e. The summed E-state index contributed by atoms with van der Waals surface area (Å²) in [6.45, 7) is 10.6. The summed E-state index contributed by atoms with van der Waals surface area (Å²) in [7, 11) is 0. The smallest absolute Gasteiger partial charge is 0.0657 e. The van der Waals surface area contributed by atoms with Crippen LogP contribution in [-0.2, 0) is 0 Å². The summed E-state index contributed by atoms with van der Waals surface area (Å²) in [5.74, 6) is 1.13. The maximum Gasteiger partial charge on any atom is 0.0657 e. The number of hydrogen-bond acceptors (Lipinski definition) is 2. The Kier molecular flexibility index (Phi) is 5.55. The van der Waals surface area contributed by atoms with Gasteiger partial charge in [-0.05, 0) is 77.6 Å². The number of rotatable bonds is 4. The van der Waals surface area contributed by atoms with E-state index in [1.54, 1.807) is 0 Å². The standard InChI is InChI=1S/C20H34O2/c1-13(2)7-6-8-14(3)16-11-12-20(5,22)17-10-9-15(4)18(17)19(16)21/h7,9,14,16-19,21-22H,6,8,10-12H2,1-5H3/t14?,16?,17?,18?,19-,20+/m1/s1. The highest BCUT2D eigenvalue weighted by molar-refractivity contribution is 5.19. The van der Waals surface area contributed by atoms with E-state index in [4.69, 9.17) is 0 Å². The SMILES string of the molecule is CC(C)=CCCC(C)C1CC[C@](C)(O)C2CC=C(C)C2[C@@H]1O. The highest BCUT2D eigenvalue weighted by Crippen LogP contribution is 2.49. The fourth-order valence-electron chi connectivity index (χ4n) is 4.61. The van der Waals surface area contributed by atoms with E-state index in [1.807, 2.05) is 6.92 Å². The molecule has 0 aromatic heterocycles. The molecular formula is C20H34O2. The molecule has 2 N–H and O–H groups in total. The highest BCUT2D eigenvalue weighted by Gasteiger charge is 2.49. The monoisotopic (exact) mass is 306 g/mol. The van der Waals surface area contributed by atoms with Crippen molar-refractivity contribution in [1.29, 1.82) is 0 Å². The second-order valence-corrected chi connectivity index (χ2v) is 8.20. The number of fused-ring (bicyclic) bond motifs is 1. The first kappa shape index (κ1) is 17.7. The fourth-order valence-corrected chi connectivity index (χ4v) is 4.61. The van der Waals surface area contributed by atoms with Crippen molar-refractivity contribution in [3.63, 3.8) is 0 Å². The van der Waals surface area contributed by atoms with E-state index < -0.39 is 5.60 Å². The average molecular weight is 306 g/mol. The first-order valence-corrected chi connectivity index (χ1v) is 8.94. The third-order valence-electron chi connectivity index (χ3n) is 6.15. The van der Waals surface area contributed by atoms with Gasteiger partial charge in [-0.3, -0.25) is 0 Å². The molecule has 0 bridgehead atoms. The molecule has 1 saturated carbocycles. The first-order valence-electron chi connectivity index (χ1n) is 8.94. The van der Waals surface area contributed by atoms with Crippen LogP contribution in [0.25, 0.3) is 0 Å². The molecular weight excluding hydrogens is 272 g/mol. The predicted octanol–water partition coefficient (Wildman–Crippen LogP) is 4.47. The van der Waals surface area contributed by atoms with Crippen LogP contribution in [0.4, 0.5) is 0 Å². The fraction of sp³-hybridized carbons (Fsp3) is 0.800. The van der Waals surface area contributed by atoms with Crippen molar-refractivity contribution in [1.82, 2.24) is 0 Å². The summed E-state index contributed by atoms with van der Waals surface area (Å²) in [4.78, 5) is 0. The third kappa shape index (κ3) is 3.65. The molecule has 4 unspecified atom stereocenters. The molecule has 0 aliphatic heterocycles. The minimum atomic E-state index is -0.645. The molecule has 2 aliphatic rings. The van der Waals surface area contributed by atoms with Crippen molar-refractivity contribution < 1.29 is 10.2 Å². The summed E-state index contributed by atoms with van der Waals surface area (Å²) < 4.78 is 0. The summed E-state index contributed by atoms with van der Waals surface area (Å²) in [6.07, 6.45) is 9.08. The van der Waals surface area contributed by atoms with E-state index in [0.717, 1.165) is 32.1 Å². The van der Waals surface area contributed by atoms with Crippen molar-refractivity contribution >= 4 is 0 Å². The van der Waals surface area contributed by atoms with E-state index in [-0.39, 0.29) is 17.9 Å². The maximum absolute atomic E-state index is 11.0. The van der Waals surface area contributed by atoms with Gasteiger partial charge >= 0.3 is 0 Å². The lowest BCUT2D eigenvalue weighted by atomic mass is 9.74. The quantitative estimate of drug-likeness (QED) is 0.752. The van der Waals surface area contributed by atoms with Crippen molar-refractivity contribution in [3.8, 4) is 0 Å². The van der Waals surface area contributed by atoms with Gasteiger partial charge in [-0.25, -0.2) is 0 Å². The molecule has 22 heavy (non-hydrogen) atoms. The number of allylic oxidation sites excluding steroid dienone is 3. The van der Waals surface area contributed by atoms with Gasteiger partial charge in [0.05, 0.1) is 11.7 Å². The Balaban J connectivity index is 2.12. The van der Waals surface area contributed by atoms with Crippen LogP contribution < -0.4 is 0 Å². The molecule has 2 heteroatoms. The molecule has 0 saturated heterocycles. The lowest BCUT2D eigenvalue weighted by molar-refractivity contribution is -0.0344. The van der Waals surface area contributed by atoms with Gasteiger partial charge in [0.2, 0.25) is 0 Å². The number of hydrogen-bond donors (Lipinski definition) is 2. The molecule has 2 nitrogen and oxygen atoms in total. The molecule has 0 heterocycles. The average Bonchev–Trinajstić information content (AvgIpc) is 2.76. The van der Waals surface area contributed by atoms with Gasteiger partial charge < -0.3 is 10.2 Å². The molecule has 0 spiro atoms. The van der Waals surface area contributed by atoms with Crippen molar-refractivity contribution in [2.24, 2.45) is 23.7 Å². The van der Waals surface area contributed by atoms with Gasteiger partial charge in [0.1, 0.15) is 0 Å². The first-order chi connectivity index (χ1) is 10.2. The second kappa shape index (κ2) is 6.88. The van der Waals surface area contributed by atoms with Crippen LogP contribution in [-0.4, -0.2) is 21.9 Å². The number of aliphatic hydroxyl groups is 2. The lowest BCUT2D eigenvalue weighted by Gasteiger charge is -2.35. The summed E-state index contributed by atoms with van der Waals surface area (Å²) in [5, 5.41) is 21.9. The van der Waals surface area contributed by atoms with Crippen LogP contribution in [0.1, 0.15) is 66.7 Å². The predicted molar refractivity (Wildman–Crippen MR) is 92.5 cm³/mol. The van der Waals surface area contributed by atoms with E-state index in [2.05, 4.69) is 39.8 Å². The Morgan fingerprint density at radius 2 is 2.14 bits per heavy atom. The van der Waals surface area contributed by atoms with Gasteiger partial charge in [0, 0.05) is 5.92 Å². The zero-order valence-corrected chi connectivity index (χ0v) is 15.0. The Bertz CT molecular complexity index is 443. The summed E-state index contributed by atoms with van der Waals surface area (Å²) in [6, 6.07) is 0. The second-order valence-electron chi connectivity index (χ2n) is 8.20. The molecule has 1 fully saturated rings. The van der Waals surface area contributed by atoms with E-state index in [0.29, 0.717) is 11.8 Å². The minimum absolute atomic E-state index is 0.147. The Labute approximate surface area is 136 Å². The zero-order chi connectivity index (χ0) is 16.5. The van der Waals surface area contributed by atoms with E-state index >= 15 is 0 Å². The summed E-state index contributed by atoms with van der Waals surface area (Å²) in [5.41, 5.74) is 2.00. The lowest BCUT2D eigenvalue weighted by Crippen LogP contribution is -2.40. The van der Waals surface area contributed by atoms with Crippen LogP contribution in [0.2, 0.25) is 0 Å². The molecule has 0 aromatic rings. The Morgan fingerprint density at radius 1 is 1.45 bits per heavy atom. The van der Waals surface area contributed by atoms with Crippen LogP contribution in [0.3, 0.4) is 0 Å². The molecule has 2 rings (SSSR count). The van der Waals surface area contributed by atoms with Crippen molar-refractivity contribution in [2.45, 2.75) is 78.4 Å². The molecule has 0 aromatic carbocycles. The van der Waals surface area contributed by atoms with Gasteiger partial charge in [0.15, 0.2) is 0 Å².